The van der Waals surface area contributed by atoms with Crippen LogP contribution in [0.5, 0.6) is 0 Å². The highest BCUT2D eigenvalue weighted by molar-refractivity contribution is 5.75. The van der Waals surface area contributed by atoms with Crippen molar-refractivity contribution in [2.75, 3.05) is 5.43 Å². The molecule has 1 rings (SSSR count). The fourth-order valence-corrected chi connectivity index (χ4v) is 1.82. The van der Waals surface area contributed by atoms with Crippen LogP contribution in [0.1, 0.15) is 41.5 Å². The van der Waals surface area contributed by atoms with Gasteiger partial charge in [-0.3, -0.25) is 10.6 Å². The van der Waals surface area contributed by atoms with Gasteiger partial charge >= 0.3 is 5.96 Å². The van der Waals surface area contributed by atoms with Gasteiger partial charge < -0.3 is 0 Å². The normalized spacial score (nSPS) is 10.8. The molecule has 0 radical (unpaired) electrons. The molecule has 0 bridgehead atoms. The Labute approximate surface area is 123 Å². The lowest BCUT2D eigenvalue weighted by Crippen LogP contribution is -2.52. The summed E-state index contributed by atoms with van der Waals surface area (Å²) < 4.78 is 2.13. The molecule has 0 atom stereocenters. The Hall–Kier alpha value is -1.71. The second kappa shape index (κ2) is 7.78. The Kier molecular flexibility index (Phi) is 6.36. The Bertz CT molecular complexity index is 409. The van der Waals surface area contributed by atoms with Gasteiger partial charge in [0.2, 0.25) is 0 Å². The predicted octanol–water partition coefficient (Wildman–Crippen LogP) is 2.79. The average Bonchev–Trinajstić information content (AvgIpc) is 2.35. The molecule has 4 nitrogen and oxygen atoms in total. The van der Waals surface area contributed by atoms with Crippen molar-refractivity contribution in [3.63, 3.8) is 0 Å². The number of hydrazine groups is 1. The summed E-state index contributed by atoms with van der Waals surface area (Å²) in [5.74, 6) is 1.01. The standard InChI is InChI=1S/C16H28N4/c1-12(2)17-16(18-13(3)4)20(14(5)6)19-15-10-8-7-9-11-15/h7-14,19H,1-6H3,(H,17,18)/p+1. The van der Waals surface area contributed by atoms with Gasteiger partial charge in [-0.05, 0) is 53.7 Å². The molecule has 0 aliphatic heterocycles. The Morgan fingerprint density at radius 2 is 1.35 bits per heavy atom. The van der Waals surface area contributed by atoms with E-state index in [1.807, 2.05) is 18.2 Å². The van der Waals surface area contributed by atoms with Crippen LogP contribution < -0.4 is 16.1 Å². The maximum Gasteiger partial charge on any atom is 0.368 e. The summed E-state index contributed by atoms with van der Waals surface area (Å²) in [5, 5.41) is 6.96. The molecule has 112 valence electrons. The molecule has 0 aliphatic rings. The molecule has 4 heteroatoms. The van der Waals surface area contributed by atoms with E-state index in [1.165, 1.54) is 0 Å². The Morgan fingerprint density at radius 1 is 0.850 bits per heavy atom. The van der Waals surface area contributed by atoms with E-state index in [0.717, 1.165) is 11.6 Å². The lowest BCUT2D eigenvalue weighted by molar-refractivity contribution is -0.533. The third-order valence-electron chi connectivity index (χ3n) is 2.63. The number of hydrazone groups is 1. The second-order valence-corrected chi connectivity index (χ2v) is 5.89. The Morgan fingerprint density at radius 3 is 1.75 bits per heavy atom. The summed E-state index contributed by atoms with van der Waals surface area (Å²) in [6.45, 7) is 12.9. The molecule has 0 aliphatic carbocycles. The molecule has 0 spiro atoms. The smallest absolute Gasteiger partial charge is 0.274 e. The van der Waals surface area contributed by atoms with Crippen molar-refractivity contribution in [2.24, 2.45) is 0 Å². The molecule has 0 fully saturated rings. The van der Waals surface area contributed by atoms with Crippen LogP contribution in [0.4, 0.5) is 5.69 Å². The van der Waals surface area contributed by atoms with E-state index in [2.05, 4.69) is 74.4 Å². The van der Waals surface area contributed by atoms with E-state index < -0.39 is 0 Å². The van der Waals surface area contributed by atoms with Crippen LogP contribution in [0.3, 0.4) is 0 Å². The van der Waals surface area contributed by atoms with Gasteiger partial charge in [0.1, 0.15) is 0 Å². The highest BCUT2D eigenvalue weighted by atomic mass is 15.5. The average molecular weight is 277 g/mol. The predicted molar refractivity (Wildman–Crippen MR) is 87.0 cm³/mol. The van der Waals surface area contributed by atoms with Crippen LogP contribution in [0.15, 0.2) is 30.3 Å². The first kappa shape index (κ1) is 16.3. The van der Waals surface area contributed by atoms with Crippen LogP contribution in [0.2, 0.25) is 0 Å². The summed E-state index contributed by atoms with van der Waals surface area (Å²) in [5.41, 5.74) is 4.54. The summed E-state index contributed by atoms with van der Waals surface area (Å²) in [4.78, 5) is 0. The second-order valence-electron chi connectivity index (χ2n) is 5.89. The van der Waals surface area contributed by atoms with Gasteiger partial charge in [-0.25, -0.2) is 5.43 Å². The third kappa shape index (κ3) is 5.51. The van der Waals surface area contributed by atoms with Crippen molar-refractivity contribution < 1.29 is 4.68 Å². The number of benzene rings is 1. The van der Waals surface area contributed by atoms with Gasteiger partial charge in [0.05, 0.1) is 23.8 Å². The fourth-order valence-electron chi connectivity index (χ4n) is 1.82. The van der Waals surface area contributed by atoms with Gasteiger partial charge in [0, 0.05) is 0 Å². The lowest BCUT2D eigenvalue weighted by Gasteiger charge is -2.21. The monoisotopic (exact) mass is 277 g/mol. The summed E-state index contributed by atoms with van der Waals surface area (Å²) in [6, 6.07) is 11.3. The molecular formula is C16H29N4+. The molecule has 0 saturated heterocycles. The van der Waals surface area contributed by atoms with Gasteiger partial charge in [0.15, 0.2) is 0 Å². The molecule has 1 aromatic rings. The maximum absolute atomic E-state index is 3.48. The van der Waals surface area contributed by atoms with E-state index in [-0.39, 0.29) is 0 Å². The summed E-state index contributed by atoms with van der Waals surface area (Å²) in [6.07, 6.45) is 0. The van der Waals surface area contributed by atoms with Gasteiger partial charge in [0.25, 0.3) is 0 Å². The number of nitrogens with one attached hydrogen (secondary N) is 3. The molecule has 0 heterocycles. The number of anilines is 1. The van der Waals surface area contributed by atoms with Crippen molar-refractivity contribution in [1.82, 2.24) is 10.6 Å². The summed E-state index contributed by atoms with van der Waals surface area (Å²) >= 11 is 0. The molecule has 0 saturated carbocycles. The fraction of sp³-hybridized carbons (Fsp3) is 0.562. The topological polar surface area (TPSA) is 39.1 Å². The van der Waals surface area contributed by atoms with E-state index >= 15 is 0 Å². The quantitative estimate of drug-likeness (QED) is 0.335. The lowest BCUT2D eigenvalue weighted by atomic mass is 10.3. The molecule has 20 heavy (non-hydrogen) atoms. The molecule has 0 aromatic heterocycles. The minimum Gasteiger partial charge on any atom is -0.274 e. The van der Waals surface area contributed by atoms with Crippen LogP contribution in [0, 0.1) is 0 Å². The summed E-state index contributed by atoms with van der Waals surface area (Å²) in [7, 11) is 0. The number of guanidine groups is 1. The molecular weight excluding hydrogens is 248 g/mol. The maximum atomic E-state index is 3.48. The number of hydrogen-bond acceptors (Lipinski definition) is 1. The largest absolute Gasteiger partial charge is 0.368 e. The first-order valence-corrected chi connectivity index (χ1v) is 7.41. The number of para-hydroxylation sites is 1. The molecule has 0 unspecified atom stereocenters. The molecule has 1 aromatic carbocycles. The molecule has 0 amide bonds. The molecule has 3 N–H and O–H groups in total. The van der Waals surface area contributed by atoms with Crippen LogP contribution in [0.25, 0.3) is 0 Å². The SMILES string of the molecule is CC(C)NC(NC(C)C)=[N+](Nc1ccccc1)C(C)C. The van der Waals surface area contributed by atoms with Crippen LogP contribution in [-0.4, -0.2) is 28.8 Å². The van der Waals surface area contributed by atoms with Gasteiger partial charge in [-0.15, -0.1) is 0 Å². The van der Waals surface area contributed by atoms with Crippen molar-refractivity contribution in [3.8, 4) is 0 Å². The highest BCUT2D eigenvalue weighted by Gasteiger charge is 2.18. The first-order chi connectivity index (χ1) is 9.40. The van der Waals surface area contributed by atoms with Crippen molar-refractivity contribution in [2.45, 2.75) is 59.7 Å². The Balaban J connectivity index is 3.05. The third-order valence-corrected chi connectivity index (χ3v) is 2.63. The minimum atomic E-state index is 0.322. The van der Waals surface area contributed by atoms with E-state index in [9.17, 15) is 0 Å². The minimum absolute atomic E-state index is 0.322. The van der Waals surface area contributed by atoms with Crippen molar-refractivity contribution >= 4 is 11.6 Å². The van der Waals surface area contributed by atoms with Gasteiger partial charge in [-0.1, -0.05) is 18.2 Å². The zero-order chi connectivity index (χ0) is 15.1. The number of nitrogens with zero attached hydrogens (tertiary/aromatic N) is 1. The van der Waals surface area contributed by atoms with E-state index in [4.69, 9.17) is 0 Å². The van der Waals surface area contributed by atoms with Crippen LogP contribution in [-0.2, 0) is 0 Å². The van der Waals surface area contributed by atoms with Crippen molar-refractivity contribution in [1.29, 1.82) is 0 Å². The zero-order valence-corrected chi connectivity index (χ0v) is 13.6. The highest BCUT2D eigenvalue weighted by Crippen LogP contribution is 2.06. The van der Waals surface area contributed by atoms with E-state index in [0.29, 0.717) is 18.1 Å². The van der Waals surface area contributed by atoms with Gasteiger partial charge in [-0.2, -0.15) is 4.68 Å². The van der Waals surface area contributed by atoms with Crippen molar-refractivity contribution in [3.05, 3.63) is 30.3 Å². The zero-order valence-electron chi connectivity index (χ0n) is 13.6. The van der Waals surface area contributed by atoms with Crippen LogP contribution >= 0.6 is 0 Å². The van der Waals surface area contributed by atoms with E-state index in [1.54, 1.807) is 0 Å². The first-order valence-electron chi connectivity index (χ1n) is 7.41. The number of rotatable bonds is 5. The number of hydrogen-bond donors (Lipinski definition) is 3.